The molecule has 3 aromatic rings. The number of ether oxygens (including phenoxy) is 1. The third kappa shape index (κ3) is 4.72. The van der Waals surface area contributed by atoms with Gasteiger partial charge in [0.25, 0.3) is 0 Å². The van der Waals surface area contributed by atoms with Gasteiger partial charge in [-0.25, -0.2) is 22.6 Å². The SMILES string of the molecule is CC(C)(C)C1CC(Oc2ccc(-n3ccc4cc(S(C)(=O)=O)cc(F)c43)nc2)CCN1C(=O)O. The first-order chi connectivity index (χ1) is 15.8. The predicted molar refractivity (Wildman–Crippen MR) is 126 cm³/mol. The molecule has 1 aliphatic rings. The second-order valence-corrected chi connectivity index (χ2v) is 11.8. The summed E-state index contributed by atoms with van der Waals surface area (Å²) in [5.74, 6) is 0.353. The van der Waals surface area contributed by atoms with E-state index in [4.69, 9.17) is 4.74 Å². The minimum Gasteiger partial charge on any atom is -0.489 e. The second-order valence-electron chi connectivity index (χ2n) is 9.77. The number of nitrogens with zero attached hydrogens (tertiary/aromatic N) is 3. The minimum absolute atomic E-state index is 0.0746. The topological polar surface area (TPSA) is 102 Å². The second kappa shape index (κ2) is 8.57. The Morgan fingerprint density at radius 1 is 1.24 bits per heavy atom. The van der Waals surface area contributed by atoms with Gasteiger partial charge in [0.15, 0.2) is 9.84 Å². The number of piperidine rings is 1. The van der Waals surface area contributed by atoms with Crippen molar-refractivity contribution in [2.45, 2.75) is 50.7 Å². The summed E-state index contributed by atoms with van der Waals surface area (Å²) in [5, 5.41) is 9.99. The van der Waals surface area contributed by atoms with Gasteiger partial charge in [0.1, 0.15) is 23.5 Å². The Morgan fingerprint density at radius 3 is 2.56 bits per heavy atom. The highest BCUT2D eigenvalue weighted by molar-refractivity contribution is 7.90. The van der Waals surface area contributed by atoms with Crippen LogP contribution in [0.4, 0.5) is 9.18 Å². The van der Waals surface area contributed by atoms with Crippen molar-refractivity contribution in [1.29, 1.82) is 0 Å². The molecular weight excluding hydrogens is 461 g/mol. The summed E-state index contributed by atoms with van der Waals surface area (Å²) < 4.78 is 46.1. The summed E-state index contributed by atoms with van der Waals surface area (Å²) in [5.41, 5.74) is 0.0154. The Labute approximate surface area is 197 Å². The molecule has 1 fully saturated rings. The highest BCUT2D eigenvalue weighted by Gasteiger charge is 2.39. The van der Waals surface area contributed by atoms with Crippen LogP contribution < -0.4 is 4.74 Å². The van der Waals surface area contributed by atoms with Crippen LogP contribution >= 0.6 is 0 Å². The molecule has 3 heterocycles. The number of rotatable bonds is 4. The molecule has 34 heavy (non-hydrogen) atoms. The number of fused-ring (bicyclic) bond motifs is 1. The maximum atomic E-state index is 14.8. The molecule has 1 saturated heterocycles. The van der Waals surface area contributed by atoms with Crippen molar-refractivity contribution in [3.63, 3.8) is 0 Å². The van der Waals surface area contributed by atoms with Gasteiger partial charge >= 0.3 is 6.09 Å². The standard InChI is InChI=1S/C24H28FN3O5S/c1-24(2,3)20-12-16(8-10-27(20)23(29)30)33-17-5-6-21(26-14-17)28-9-7-15-11-18(34(4,31)32)13-19(25)22(15)28/h5-7,9,11,13-14,16,20H,8,10,12H2,1-4H3,(H,29,30). The van der Waals surface area contributed by atoms with E-state index in [1.165, 1.54) is 11.0 Å². The van der Waals surface area contributed by atoms with Crippen LogP contribution in [0, 0.1) is 11.2 Å². The van der Waals surface area contributed by atoms with Gasteiger partial charge < -0.3 is 14.7 Å². The third-order valence-corrected chi connectivity index (χ3v) is 7.30. The summed E-state index contributed by atoms with van der Waals surface area (Å²) in [7, 11) is -3.53. The number of hydrogen-bond acceptors (Lipinski definition) is 5. The summed E-state index contributed by atoms with van der Waals surface area (Å²) in [6.45, 7) is 6.46. The van der Waals surface area contributed by atoms with Crippen LogP contribution in [0.1, 0.15) is 33.6 Å². The lowest BCUT2D eigenvalue weighted by Gasteiger charge is -2.44. The quantitative estimate of drug-likeness (QED) is 0.579. The van der Waals surface area contributed by atoms with E-state index >= 15 is 0 Å². The third-order valence-electron chi connectivity index (χ3n) is 6.21. The molecule has 2 unspecified atom stereocenters. The van der Waals surface area contributed by atoms with Gasteiger partial charge in [0, 0.05) is 43.3 Å². The van der Waals surface area contributed by atoms with Gasteiger partial charge in [-0.2, -0.15) is 0 Å². The molecule has 8 nitrogen and oxygen atoms in total. The van der Waals surface area contributed by atoms with Crippen molar-refractivity contribution in [3.05, 3.63) is 48.5 Å². The highest BCUT2D eigenvalue weighted by atomic mass is 32.2. The summed E-state index contributed by atoms with van der Waals surface area (Å²) in [4.78, 5) is 17.4. The fourth-order valence-electron chi connectivity index (χ4n) is 4.48. The van der Waals surface area contributed by atoms with Gasteiger partial charge in [-0.3, -0.25) is 4.57 Å². The first-order valence-corrected chi connectivity index (χ1v) is 12.9. The fraction of sp³-hybridized carbons (Fsp3) is 0.417. The molecule has 2 aromatic heterocycles. The van der Waals surface area contributed by atoms with E-state index in [1.807, 2.05) is 20.8 Å². The molecule has 1 aliphatic heterocycles. The predicted octanol–water partition coefficient (Wildman–Crippen LogP) is 4.50. The van der Waals surface area contributed by atoms with Crippen LogP contribution in [-0.2, 0) is 9.84 Å². The Hall–Kier alpha value is -3.14. The summed E-state index contributed by atoms with van der Waals surface area (Å²) in [6, 6.07) is 7.38. The summed E-state index contributed by atoms with van der Waals surface area (Å²) >= 11 is 0. The number of carboxylic acid groups (broad SMARTS) is 1. The molecule has 0 radical (unpaired) electrons. The van der Waals surface area contributed by atoms with Crippen LogP contribution in [0.2, 0.25) is 0 Å². The number of benzene rings is 1. The molecule has 0 aliphatic carbocycles. The monoisotopic (exact) mass is 489 g/mol. The Morgan fingerprint density at radius 2 is 1.97 bits per heavy atom. The Balaban J connectivity index is 1.54. The zero-order valence-electron chi connectivity index (χ0n) is 19.5. The molecule has 1 amide bonds. The number of amides is 1. The first kappa shape index (κ1) is 24.0. The van der Waals surface area contributed by atoms with E-state index in [2.05, 4.69) is 4.98 Å². The van der Waals surface area contributed by atoms with Crippen molar-refractivity contribution < 1.29 is 27.4 Å². The average molecular weight is 490 g/mol. The molecule has 182 valence electrons. The van der Waals surface area contributed by atoms with E-state index in [-0.39, 0.29) is 28.0 Å². The summed E-state index contributed by atoms with van der Waals surface area (Å²) in [6.07, 6.45) is 4.33. The van der Waals surface area contributed by atoms with Gasteiger partial charge in [0.2, 0.25) is 0 Å². The molecule has 10 heteroatoms. The van der Waals surface area contributed by atoms with E-state index in [9.17, 15) is 22.7 Å². The molecule has 0 spiro atoms. The molecule has 0 saturated carbocycles. The van der Waals surface area contributed by atoms with E-state index < -0.39 is 21.7 Å². The highest BCUT2D eigenvalue weighted by Crippen LogP contribution is 2.34. The van der Waals surface area contributed by atoms with Gasteiger partial charge in [-0.05, 0) is 35.7 Å². The smallest absolute Gasteiger partial charge is 0.407 e. The van der Waals surface area contributed by atoms with Crippen LogP contribution in [0.15, 0.2) is 47.6 Å². The van der Waals surface area contributed by atoms with E-state index in [0.29, 0.717) is 36.3 Å². The van der Waals surface area contributed by atoms with Gasteiger partial charge in [0.05, 0.1) is 16.6 Å². The Kier molecular flexibility index (Phi) is 6.05. The van der Waals surface area contributed by atoms with Gasteiger partial charge in [-0.1, -0.05) is 20.8 Å². The molecule has 1 aromatic carbocycles. The molecule has 4 rings (SSSR count). The number of halogens is 1. The van der Waals surface area contributed by atoms with Crippen molar-refractivity contribution in [2.24, 2.45) is 5.41 Å². The maximum absolute atomic E-state index is 14.8. The number of hydrogen-bond donors (Lipinski definition) is 1. The van der Waals surface area contributed by atoms with Crippen molar-refractivity contribution in [1.82, 2.24) is 14.5 Å². The molecular formula is C24H28FN3O5S. The van der Waals surface area contributed by atoms with Gasteiger partial charge in [-0.15, -0.1) is 0 Å². The van der Waals surface area contributed by atoms with E-state index in [0.717, 1.165) is 12.3 Å². The van der Waals surface area contributed by atoms with Crippen molar-refractivity contribution >= 4 is 26.8 Å². The largest absolute Gasteiger partial charge is 0.489 e. The Bertz CT molecular complexity index is 1330. The van der Waals surface area contributed by atoms with Crippen LogP contribution in [0.3, 0.4) is 0 Å². The number of sulfone groups is 1. The van der Waals surface area contributed by atoms with Crippen LogP contribution in [0.5, 0.6) is 5.75 Å². The molecule has 2 atom stereocenters. The van der Waals surface area contributed by atoms with E-state index in [1.54, 1.807) is 35.2 Å². The lowest BCUT2D eigenvalue weighted by Crippen LogP contribution is -2.53. The zero-order chi connectivity index (χ0) is 24.8. The molecule has 0 bridgehead atoms. The van der Waals surface area contributed by atoms with Crippen molar-refractivity contribution in [2.75, 3.05) is 12.8 Å². The number of likely N-dealkylation sites (tertiary alicyclic amines) is 1. The lowest BCUT2D eigenvalue weighted by atomic mass is 9.80. The normalized spacial score (nSPS) is 19.4. The fourth-order valence-corrected chi connectivity index (χ4v) is 5.14. The average Bonchev–Trinajstić information content (AvgIpc) is 3.18. The van der Waals surface area contributed by atoms with Crippen LogP contribution in [-0.4, -0.2) is 59.0 Å². The number of pyridine rings is 1. The zero-order valence-corrected chi connectivity index (χ0v) is 20.3. The minimum atomic E-state index is -3.53. The number of aromatic nitrogens is 2. The molecule has 1 N–H and O–H groups in total. The lowest BCUT2D eigenvalue weighted by molar-refractivity contribution is 0.0129. The first-order valence-electron chi connectivity index (χ1n) is 11.0. The van der Waals surface area contributed by atoms with Crippen LogP contribution in [0.25, 0.3) is 16.7 Å². The maximum Gasteiger partial charge on any atom is 0.407 e. The number of carbonyl (C=O) groups is 1. The van der Waals surface area contributed by atoms with Crippen molar-refractivity contribution in [3.8, 4) is 11.6 Å².